The summed E-state index contributed by atoms with van der Waals surface area (Å²) in [6, 6.07) is 13.9. The molecule has 4 rings (SSSR count). The summed E-state index contributed by atoms with van der Waals surface area (Å²) in [5.74, 6) is 0.846. The number of carbonyl (C=O) groups is 2. The maximum Gasteiger partial charge on any atom is 0.227 e. The third-order valence-electron chi connectivity index (χ3n) is 7.00. The Morgan fingerprint density at radius 3 is 2.24 bits per heavy atom. The molecule has 7 nitrogen and oxygen atoms in total. The number of hydrogen-bond acceptors (Lipinski definition) is 5. The van der Waals surface area contributed by atoms with Crippen LogP contribution in [0.25, 0.3) is 0 Å². The van der Waals surface area contributed by atoms with Crippen LogP contribution in [0.5, 0.6) is 17.2 Å². The van der Waals surface area contributed by atoms with Gasteiger partial charge in [0.2, 0.25) is 17.6 Å². The van der Waals surface area contributed by atoms with Gasteiger partial charge in [-0.05, 0) is 18.4 Å². The maximum atomic E-state index is 13.1. The number of carbonyl (C=O) groups excluding carboxylic acids is 2. The van der Waals surface area contributed by atoms with E-state index < -0.39 is 5.92 Å². The van der Waals surface area contributed by atoms with Crippen LogP contribution in [0, 0.1) is 5.92 Å². The third kappa shape index (κ3) is 4.49. The van der Waals surface area contributed by atoms with Crippen molar-refractivity contribution in [1.29, 1.82) is 0 Å². The molecule has 1 saturated heterocycles. The fourth-order valence-corrected chi connectivity index (χ4v) is 5.17. The fourth-order valence-electron chi connectivity index (χ4n) is 5.17. The van der Waals surface area contributed by atoms with E-state index in [4.69, 9.17) is 14.2 Å². The van der Waals surface area contributed by atoms with Crippen LogP contribution in [0.15, 0.2) is 42.5 Å². The van der Waals surface area contributed by atoms with Crippen LogP contribution in [-0.2, 0) is 15.0 Å². The quantitative estimate of drug-likeness (QED) is 0.661. The Labute approximate surface area is 195 Å². The van der Waals surface area contributed by atoms with Crippen LogP contribution >= 0.6 is 0 Å². The molecule has 176 valence electrons. The van der Waals surface area contributed by atoms with Crippen molar-refractivity contribution < 1.29 is 23.8 Å². The zero-order valence-corrected chi connectivity index (χ0v) is 19.6. The van der Waals surface area contributed by atoms with Gasteiger partial charge in [-0.2, -0.15) is 0 Å². The van der Waals surface area contributed by atoms with E-state index >= 15 is 0 Å². The summed E-state index contributed by atoms with van der Waals surface area (Å²) in [7, 11) is 4.61. The van der Waals surface area contributed by atoms with Gasteiger partial charge in [-0.1, -0.05) is 43.2 Å². The van der Waals surface area contributed by atoms with E-state index in [1.54, 1.807) is 17.0 Å². The van der Waals surface area contributed by atoms with Crippen molar-refractivity contribution in [3.05, 3.63) is 48.0 Å². The number of ether oxygens (including phenoxy) is 3. The predicted octanol–water partition coefficient (Wildman–Crippen LogP) is 3.69. The Kier molecular flexibility index (Phi) is 6.77. The first kappa shape index (κ1) is 23.0. The monoisotopic (exact) mass is 452 g/mol. The summed E-state index contributed by atoms with van der Waals surface area (Å²) in [5, 5.41) is 3.17. The highest BCUT2D eigenvalue weighted by Gasteiger charge is 2.39. The molecule has 2 aromatic rings. The lowest BCUT2D eigenvalue weighted by atomic mass is 9.78. The largest absolute Gasteiger partial charge is 0.493 e. The van der Waals surface area contributed by atoms with Crippen LogP contribution < -0.4 is 24.4 Å². The summed E-state index contributed by atoms with van der Waals surface area (Å²) in [6.45, 7) is 0.923. The average molecular weight is 453 g/mol. The number of amides is 2. The third-order valence-corrected chi connectivity index (χ3v) is 7.00. The van der Waals surface area contributed by atoms with Gasteiger partial charge in [-0.15, -0.1) is 0 Å². The van der Waals surface area contributed by atoms with Crippen LogP contribution in [0.3, 0.4) is 0 Å². The molecule has 2 aromatic carbocycles. The van der Waals surface area contributed by atoms with Crippen molar-refractivity contribution in [3.8, 4) is 17.2 Å². The average Bonchev–Trinajstić information content (AvgIpc) is 3.49. The topological polar surface area (TPSA) is 77.1 Å². The van der Waals surface area contributed by atoms with Gasteiger partial charge in [0.05, 0.1) is 32.9 Å². The minimum Gasteiger partial charge on any atom is -0.493 e. The molecule has 33 heavy (non-hydrogen) atoms. The van der Waals surface area contributed by atoms with E-state index in [0.29, 0.717) is 36.0 Å². The van der Waals surface area contributed by atoms with E-state index in [-0.39, 0.29) is 23.7 Å². The van der Waals surface area contributed by atoms with Crippen molar-refractivity contribution in [2.75, 3.05) is 39.3 Å². The van der Waals surface area contributed by atoms with Gasteiger partial charge in [0.25, 0.3) is 0 Å². The summed E-state index contributed by atoms with van der Waals surface area (Å²) in [5.41, 5.74) is 1.89. The molecule has 0 aromatic heterocycles. The van der Waals surface area contributed by atoms with Gasteiger partial charge >= 0.3 is 0 Å². The molecule has 0 bridgehead atoms. The summed E-state index contributed by atoms with van der Waals surface area (Å²) < 4.78 is 16.2. The first-order chi connectivity index (χ1) is 16.0. The maximum absolute atomic E-state index is 13.1. The molecule has 1 aliphatic heterocycles. The molecule has 0 radical (unpaired) electrons. The smallest absolute Gasteiger partial charge is 0.227 e. The lowest BCUT2D eigenvalue weighted by Gasteiger charge is -2.30. The second-order valence-corrected chi connectivity index (χ2v) is 8.86. The number of nitrogens with one attached hydrogen (secondary N) is 1. The van der Waals surface area contributed by atoms with Gasteiger partial charge in [0, 0.05) is 37.1 Å². The lowest BCUT2D eigenvalue weighted by Crippen LogP contribution is -2.42. The Morgan fingerprint density at radius 2 is 1.67 bits per heavy atom. The molecule has 0 spiro atoms. The number of benzene rings is 2. The van der Waals surface area contributed by atoms with Gasteiger partial charge < -0.3 is 24.4 Å². The Hall–Kier alpha value is -3.22. The molecule has 7 heteroatoms. The molecule has 1 N–H and O–H groups in total. The van der Waals surface area contributed by atoms with E-state index in [2.05, 4.69) is 29.6 Å². The number of nitrogens with zero attached hydrogens (tertiary/aromatic N) is 1. The van der Waals surface area contributed by atoms with Crippen molar-refractivity contribution in [2.24, 2.45) is 5.92 Å². The molecular formula is C26H32N2O5. The van der Waals surface area contributed by atoms with Crippen LogP contribution in [-0.4, -0.2) is 46.2 Å². The van der Waals surface area contributed by atoms with E-state index in [1.165, 1.54) is 39.7 Å². The molecule has 2 fully saturated rings. The van der Waals surface area contributed by atoms with Crippen molar-refractivity contribution in [3.63, 3.8) is 0 Å². The highest BCUT2D eigenvalue weighted by atomic mass is 16.5. The van der Waals surface area contributed by atoms with Gasteiger partial charge in [-0.3, -0.25) is 9.59 Å². The molecule has 1 heterocycles. The predicted molar refractivity (Wildman–Crippen MR) is 126 cm³/mol. The number of methoxy groups -OCH3 is 3. The number of anilines is 1. The van der Waals surface area contributed by atoms with Gasteiger partial charge in [0.1, 0.15) is 0 Å². The first-order valence-electron chi connectivity index (χ1n) is 11.4. The second-order valence-electron chi connectivity index (χ2n) is 8.86. The minimum atomic E-state index is -0.397. The minimum absolute atomic E-state index is 0.0179. The van der Waals surface area contributed by atoms with E-state index in [9.17, 15) is 9.59 Å². The first-order valence-corrected chi connectivity index (χ1v) is 11.4. The molecule has 1 saturated carbocycles. The van der Waals surface area contributed by atoms with Gasteiger partial charge in [0.15, 0.2) is 11.5 Å². The molecule has 1 atom stereocenters. The van der Waals surface area contributed by atoms with Crippen LogP contribution in [0.2, 0.25) is 0 Å². The van der Waals surface area contributed by atoms with Crippen molar-refractivity contribution in [1.82, 2.24) is 5.32 Å². The number of rotatable bonds is 8. The SMILES string of the molecule is COc1cc(N2C[C@@H](C(=O)NCC3(c4ccccc4)CCCC3)CC2=O)cc(OC)c1OC. The van der Waals surface area contributed by atoms with E-state index in [0.717, 1.165) is 12.8 Å². The summed E-state index contributed by atoms with van der Waals surface area (Å²) in [6.07, 6.45) is 4.65. The summed E-state index contributed by atoms with van der Waals surface area (Å²) >= 11 is 0. The van der Waals surface area contributed by atoms with Crippen LogP contribution in [0.4, 0.5) is 5.69 Å². The Morgan fingerprint density at radius 1 is 1.03 bits per heavy atom. The van der Waals surface area contributed by atoms with Crippen molar-refractivity contribution >= 4 is 17.5 Å². The zero-order valence-electron chi connectivity index (χ0n) is 19.6. The fraction of sp³-hybridized carbons (Fsp3) is 0.462. The Bertz CT molecular complexity index is 976. The normalized spacial score (nSPS) is 19.4. The highest BCUT2D eigenvalue weighted by molar-refractivity contribution is 6.00. The Balaban J connectivity index is 1.47. The van der Waals surface area contributed by atoms with Gasteiger partial charge in [-0.25, -0.2) is 0 Å². The second kappa shape index (κ2) is 9.73. The molecule has 0 unspecified atom stereocenters. The van der Waals surface area contributed by atoms with Crippen molar-refractivity contribution in [2.45, 2.75) is 37.5 Å². The lowest BCUT2D eigenvalue weighted by molar-refractivity contribution is -0.126. The molecular weight excluding hydrogens is 420 g/mol. The van der Waals surface area contributed by atoms with E-state index in [1.807, 2.05) is 6.07 Å². The molecule has 1 aliphatic carbocycles. The standard InChI is InChI=1S/C26H32N2O5/c1-31-21-14-20(15-22(32-2)24(21)33-3)28-16-18(13-23(28)29)25(30)27-17-26(11-7-8-12-26)19-9-5-4-6-10-19/h4-6,9-10,14-15,18H,7-8,11-13,16-17H2,1-3H3,(H,27,30)/t18-/m0/s1. The zero-order chi connectivity index (χ0) is 23.4. The number of hydrogen-bond donors (Lipinski definition) is 1. The van der Waals surface area contributed by atoms with Crippen LogP contribution in [0.1, 0.15) is 37.7 Å². The highest BCUT2D eigenvalue weighted by Crippen LogP contribution is 2.43. The summed E-state index contributed by atoms with van der Waals surface area (Å²) in [4.78, 5) is 27.5. The molecule has 2 amide bonds. The molecule has 2 aliphatic rings.